The van der Waals surface area contributed by atoms with E-state index >= 15 is 0 Å². The molecule has 0 saturated heterocycles. The van der Waals surface area contributed by atoms with Crippen LogP contribution in [-0.4, -0.2) is 46.5 Å². The molecule has 0 aliphatic heterocycles. The maximum atomic E-state index is 12.4. The molecule has 0 atom stereocenters. The first-order chi connectivity index (χ1) is 9.58. The van der Waals surface area contributed by atoms with Crippen LogP contribution in [0.4, 0.5) is 4.79 Å². The Kier molecular flexibility index (Phi) is 6.56. The van der Waals surface area contributed by atoms with Gasteiger partial charge in [0.15, 0.2) is 0 Å². The van der Waals surface area contributed by atoms with Crippen LogP contribution in [0.3, 0.4) is 0 Å². The topological polar surface area (TPSA) is 60.9 Å². The quantitative estimate of drug-likeness (QED) is 0.833. The summed E-state index contributed by atoms with van der Waals surface area (Å²) in [4.78, 5) is 26.3. The normalized spacial score (nSPS) is 10.1. The number of rotatable bonds is 7. The minimum absolute atomic E-state index is 0.0253. The molecular weight excluding hydrogens is 256 g/mol. The number of carboxylic acid groups (broad SMARTS) is 1. The molecule has 0 bridgehead atoms. The van der Waals surface area contributed by atoms with E-state index in [1.165, 1.54) is 0 Å². The van der Waals surface area contributed by atoms with Gasteiger partial charge in [-0.05, 0) is 19.4 Å². The maximum absolute atomic E-state index is 12.4. The molecule has 5 heteroatoms. The second kappa shape index (κ2) is 8.19. The SMILES string of the molecule is CCN(CCC(=O)O)C(=O)N(CC)Cc1ccccc1. The molecule has 1 aromatic rings. The maximum Gasteiger partial charge on any atom is 0.320 e. The summed E-state index contributed by atoms with van der Waals surface area (Å²) in [6.07, 6.45) is -0.0253. The third kappa shape index (κ3) is 4.91. The van der Waals surface area contributed by atoms with Crippen molar-refractivity contribution in [1.29, 1.82) is 0 Å². The first kappa shape index (κ1) is 16.0. The summed E-state index contributed by atoms with van der Waals surface area (Å²) in [5, 5.41) is 8.72. The molecular formula is C15H22N2O3. The zero-order valence-electron chi connectivity index (χ0n) is 12.1. The average molecular weight is 278 g/mol. The standard InChI is InChI=1S/C15H22N2O3/c1-3-16(11-10-14(18)19)15(20)17(4-2)12-13-8-6-5-7-9-13/h5-9H,3-4,10-12H2,1-2H3,(H,18,19). The summed E-state index contributed by atoms with van der Waals surface area (Å²) >= 11 is 0. The van der Waals surface area contributed by atoms with Gasteiger partial charge in [0.25, 0.3) is 0 Å². The number of nitrogens with zero attached hydrogens (tertiary/aromatic N) is 2. The minimum atomic E-state index is -0.887. The molecule has 1 aromatic carbocycles. The van der Waals surface area contributed by atoms with Crippen LogP contribution in [-0.2, 0) is 11.3 Å². The van der Waals surface area contributed by atoms with Crippen molar-refractivity contribution in [3.05, 3.63) is 35.9 Å². The molecule has 0 aliphatic carbocycles. The van der Waals surface area contributed by atoms with E-state index in [0.29, 0.717) is 19.6 Å². The lowest BCUT2D eigenvalue weighted by Gasteiger charge is -2.29. The molecule has 1 rings (SSSR count). The van der Waals surface area contributed by atoms with Crippen LogP contribution in [0.2, 0.25) is 0 Å². The Morgan fingerprint density at radius 1 is 1.05 bits per heavy atom. The number of hydrogen-bond donors (Lipinski definition) is 1. The van der Waals surface area contributed by atoms with Crippen molar-refractivity contribution < 1.29 is 14.7 Å². The number of benzene rings is 1. The first-order valence-electron chi connectivity index (χ1n) is 6.88. The Bertz CT molecular complexity index is 434. The molecule has 0 heterocycles. The third-order valence-electron chi connectivity index (χ3n) is 3.12. The highest BCUT2D eigenvalue weighted by Gasteiger charge is 2.19. The monoisotopic (exact) mass is 278 g/mol. The lowest BCUT2D eigenvalue weighted by molar-refractivity contribution is -0.137. The average Bonchev–Trinajstić information content (AvgIpc) is 2.46. The summed E-state index contributed by atoms with van der Waals surface area (Å²) in [5.41, 5.74) is 1.07. The molecule has 110 valence electrons. The van der Waals surface area contributed by atoms with E-state index in [0.717, 1.165) is 5.56 Å². The first-order valence-corrected chi connectivity index (χ1v) is 6.88. The number of hydrogen-bond acceptors (Lipinski definition) is 2. The molecule has 0 spiro atoms. The highest BCUT2D eigenvalue weighted by Crippen LogP contribution is 2.08. The number of carbonyl (C=O) groups excluding carboxylic acids is 1. The fourth-order valence-corrected chi connectivity index (χ4v) is 1.94. The number of amides is 2. The second-order valence-electron chi connectivity index (χ2n) is 4.51. The Morgan fingerprint density at radius 2 is 1.65 bits per heavy atom. The zero-order valence-corrected chi connectivity index (χ0v) is 12.1. The predicted octanol–water partition coefficient (Wildman–Crippen LogP) is 2.43. The zero-order chi connectivity index (χ0) is 15.0. The molecule has 0 unspecified atom stereocenters. The van der Waals surface area contributed by atoms with Crippen molar-refractivity contribution in [2.75, 3.05) is 19.6 Å². The molecule has 2 amide bonds. The smallest absolute Gasteiger partial charge is 0.320 e. The molecule has 0 aliphatic rings. The van der Waals surface area contributed by atoms with Gasteiger partial charge < -0.3 is 14.9 Å². The van der Waals surface area contributed by atoms with Crippen molar-refractivity contribution >= 4 is 12.0 Å². The molecule has 1 N–H and O–H groups in total. The van der Waals surface area contributed by atoms with E-state index in [9.17, 15) is 9.59 Å². The van der Waals surface area contributed by atoms with Gasteiger partial charge in [-0.15, -0.1) is 0 Å². The number of carboxylic acids is 1. The molecule has 5 nitrogen and oxygen atoms in total. The lowest BCUT2D eigenvalue weighted by atomic mass is 10.2. The van der Waals surface area contributed by atoms with Gasteiger partial charge in [0.1, 0.15) is 0 Å². The van der Waals surface area contributed by atoms with Gasteiger partial charge in [-0.25, -0.2) is 4.79 Å². The van der Waals surface area contributed by atoms with Gasteiger partial charge in [0, 0.05) is 26.2 Å². The summed E-state index contributed by atoms with van der Waals surface area (Å²) in [6, 6.07) is 9.66. The van der Waals surface area contributed by atoms with Crippen LogP contribution in [0, 0.1) is 0 Å². The van der Waals surface area contributed by atoms with Gasteiger partial charge in [-0.3, -0.25) is 4.79 Å². The number of urea groups is 1. The Labute approximate surface area is 119 Å². The fraction of sp³-hybridized carbons (Fsp3) is 0.467. The van der Waals surface area contributed by atoms with Crippen molar-refractivity contribution in [3.8, 4) is 0 Å². The highest BCUT2D eigenvalue weighted by molar-refractivity contribution is 5.75. The largest absolute Gasteiger partial charge is 0.481 e. The van der Waals surface area contributed by atoms with Crippen LogP contribution >= 0.6 is 0 Å². The van der Waals surface area contributed by atoms with Crippen LogP contribution in [0.25, 0.3) is 0 Å². The number of aliphatic carboxylic acids is 1. The van der Waals surface area contributed by atoms with Crippen molar-refractivity contribution in [2.24, 2.45) is 0 Å². The van der Waals surface area contributed by atoms with Gasteiger partial charge in [0.05, 0.1) is 6.42 Å². The van der Waals surface area contributed by atoms with E-state index in [1.807, 2.05) is 44.2 Å². The highest BCUT2D eigenvalue weighted by atomic mass is 16.4. The summed E-state index contributed by atoms with van der Waals surface area (Å²) in [7, 11) is 0. The van der Waals surface area contributed by atoms with Crippen molar-refractivity contribution in [1.82, 2.24) is 9.80 Å². The van der Waals surface area contributed by atoms with Gasteiger partial charge in [0.2, 0.25) is 0 Å². The molecule has 0 radical (unpaired) electrons. The summed E-state index contributed by atoms with van der Waals surface area (Å²) < 4.78 is 0. The molecule has 0 aromatic heterocycles. The Morgan fingerprint density at radius 3 is 2.15 bits per heavy atom. The molecule has 0 saturated carbocycles. The third-order valence-corrected chi connectivity index (χ3v) is 3.12. The van der Waals surface area contributed by atoms with Crippen molar-refractivity contribution in [2.45, 2.75) is 26.8 Å². The lowest BCUT2D eigenvalue weighted by Crippen LogP contribution is -2.43. The summed E-state index contributed by atoms with van der Waals surface area (Å²) in [5.74, 6) is -0.887. The van der Waals surface area contributed by atoms with Gasteiger partial charge in [-0.1, -0.05) is 30.3 Å². The van der Waals surface area contributed by atoms with E-state index in [1.54, 1.807) is 9.80 Å². The van der Waals surface area contributed by atoms with Crippen molar-refractivity contribution in [3.63, 3.8) is 0 Å². The van der Waals surface area contributed by atoms with E-state index in [-0.39, 0.29) is 19.0 Å². The van der Waals surface area contributed by atoms with E-state index < -0.39 is 5.97 Å². The fourth-order valence-electron chi connectivity index (χ4n) is 1.94. The number of carbonyl (C=O) groups is 2. The van der Waals surface area contributed by atoms with Crippen LogP contribution in [0.5, 0.6) is 0 Å². The van der Waals surface area contributed by atoms with E-state index in [4.69, 9.17) is 5.11 Å². The minimum Gasteiger partial charge on any atom is -0.481 e. The predicted molar refractivity (Wildman–Crippen MR) is 77.4 cm³/mol. The molecule has 20 heavy (non-hydrogen) atoms. The van der Waals surface area contributed by atoms with Gasteiger partial charge >= 0.3 is 12.0 Å². The summed E-state index contributed by atoms with van der Waals surface area (Å²) in [6.45, 7) is 5.67. The van der Waals surface area contributed by atoms with Crippen LogP contribution < -0.4 is 0 Å². The van der Waals surface area contributed by atoms with Crippen LogP contribution in [0.15, 0.2) is 30.3 Å². The Hall–Kier alpha value is -2.04. The Balaban J connectivity index is 2.66. The second-order valence-corrected chi connectivity index (χ2v) is 4.51. The van der Waals surface area contributed by atoms with Gasteiger partial charge in [-0.2, -0.15) is 0 Å². The van der Waals surface area contributed by atoms with E-state index in [2.05, 4.69) is 0 Å². The molecule has 0 fully saturated rings. The van der Waals surface area contributed by atoms with Crippen LogP contribution in [0.1, 0.15) is 25.8 Å².